The summed E-state index contributed by atoms with van der Waals surface area (Å²) in [5.74, 6) is 0. The Morgan fingerprint density at radius 2 is 1.69 bits per heavy atom. The van der Waals surface area contributed by atoms with Gasteiger partial charge in [-0.15, -0.1) is 0 Å². The minimum atomic E-state index is -0.363. The molecule has 3 aromatic rings. The highest BCUT2D eigenvalue weighted by Gasteiger charge is 2.19. The molecule has 9 nitrogen and oxygen atoms in total. The van der Waals surface area contributed by atoms with Crippen LogP contribution in [0.1, 0.15) is 0 Å². The lowest BCUT2D eigenvalue weighted by Crippen LogP contribution is -2.47. The number of benzene rings is 1. The molecule has 156 valence electrons. The van der Waals surface area contributed by atoms with Crippen molar-refractivity contribution in [2.24, 2.45) is 14.1 Å². The van der Waals surface area contributed by atoms with Gasteiger partial charge in [0.25, 0.3) is 5.56 Å². The van der Waals surface area contributed by atoms with Crippen LogP contribution in [-0.4, -0.2) is 56.3 Å². The molecule has 2 aromatic heterocycles. The average molecular weight is 420 g/mol. The molecule has 1 aliphatic rings. The quantitative estimate of drug-likeness (QED) is 0.678. The van der Waals surface area contributed by atoms with Gasteiger partial charge in [-0.2, -0.15) is 0 Å². The number of imidazole rings is 1. The Labute approximate surface area is 173 Å². The smallest absolute Gasteiger partial charge is 0.332 e. The van der Waals surface area contributed by atoms with E-state index in [1.54, 1.807) is 13.4 Å². The van der Waals surface area contributed by atoms with Crippen LogP contribution in [0.15, 0.2) is 40.2 Å². The van der Waals surface area contributed by atoms with Crippen molar-refractivity contribution in [1.29, 1.82) is 0 Å². The minimum absolute atomic E-state index is 0. The molecule has 0 atom stereocenters. The molecule has 1 aliphatic heterocycles. The Kier molecular flexibility index (Phi) is 6.11. The predicted octanol–water partition coefficient (Wildman–Crippen LogP) is 1.07. The lowest BCUT2D eigenvalue weighted by Gasteiger charge is -2.36. The molecular weight excluding hydrogens is 394 g/mol. The third-order valence-electron chi connectivity index (χ3n) is 5.44. The number of aromatic nitrogens is 4. The van der Waals surface area contributed by atoms with Gasteiger partial charge < -0.3 is 15.6 Å². The van der Waals surface area contributed by atoms with E-state index in [0.717, 1.165) is 48.0 Å². The van der Waals surface area contributed by atoms with Gasteiger partial charge in [0, 0.05) is 53.4 Å². The number of anilines is 1. The first kappa shape index (κ1) is 21.1. The topological polar surface area (TPSA) is 103 Å². The van der Waals surface area contributed by atoms with E-state index in [1.807, 2.05) is 22.8 Å². The van der Waals surface area contributed by atoms with Gasteiger partial charge in [0.2, 0.25) is 0 Å². The van der Waals surface area contributed by atoms with Crippen molar-refractivity contribution < 1.29 is 0 Å². The van der Waals surface area contributed by atoms with Crippen LogP contribution in [0.25, 0.3) is 11.2 Å². The van der Waals surface area contributed by atoms with Crippen LogP contribution in [0.3, 0.4) is 0 Å². The van der Waals surface area contributed by atoms with E-state index < -0.39 is 0 Å². The average Bonchev–Trinajstić information content (AvgIpc) is 3.14. The van der Waals surface area contributed by atoms with Crippen molar-refractivity contribution in [1.82, 2.24) is 29.7 Å². The zero-order valence-electron chi connectivity index (χ0n) is 16.7. The summed E-state index contributed by atoms with van der Waals surface area (Å²) in [5.41, 5.74) is 1.31. The number of para-hydroxylation sites is 1. The van der Waals surface area contributed by atoms with E-state index in [9.17, 15) is 9.59 Å². The predicted molar refractivity (Wildman–Crippen MR) is 115 cm³/mol. The fourth-order valence-electron chi connectivity index (χ4n) is 3.74. The monoisotopic (exact) mass is 419 g/mol. The number of piperazine rings is 1. The number of hydrogen-bond acceptors (Lipinski definition) is 6. The highest BCUT2D eigenvalue weighted by molar-refractivity contribution is 6.33. The molecule has 0 bridgehead atoms. The zero-order valence-corrected chi connectivity index (χ0v) is 17.5. The summed E-state index contributed by atoms with van der Waals surface area (Å²) in [7, 11) is 3.13. The van der Waals surface area contributed by atoms with Crippen molar-refractivity contribution in [2.75, 3.05) is 37.6 Å². The van der Waals surface area contributed by atoms with E-state index in [-0.39, 0.29) is 17.4 Å². The Morgan fingerprint density at radius 1 is 1.00 bits per heavy atom. The summed E-state index contributed by atoms with van der Waals surface area (Å²) >= 11 is 6.31. The molecule has 0 saturated carbocycles. The number of aryl methyl sites for hydroxylation is 1. The maximum absolute atomic E-state index is 12.5. The number of rotatable bonds is 4. The SMILES string of the molecule is Cn1c(=O)c2c(ncn2CCN2CCN(c3ccccc3Cl)CC2)n(C)c1=O.N. The molecule has 3 heterocycles. The number of fused-ring (bicyclic) bond motifs is 1. The maximum Gasteiger partial charge on any atom is 0.332 e. The molecule has 0 spiro atoms. The standard InChI is InChI=1S/C19H23ClN6O2.H3N/c1-22-17-16(18(27)23(2)19(22)28)26(13-21-17)12-9-24-7-10-25(11-8-24)15-6-4-3-5-14(15)20;/h3-6,13H,7-12H2,1-2H3;1H3. The van der Waals surface area contributed by atoms with Gasteiger partial charge in [0.1, 0.15) is 0 Å². The van der Waals surface area contributed by atoms with Crippen molar-refractivity contribution in [3.8, 4) is 0 Å². The molecule has 29 heavy (non-hydrogen) atoms. The van der Waals surface area contributed by atoms with E-state index in [1.165, 1.54) is 11.6 Å². The summed E-state index contributed by atoms with van der Waals surface area (Å²) in [6.45, 7) is 5.13. The van der Waals surface area contributed by atoms with Crippen LogP contribution in [-0.2, 0) is 20.6 Å². The lowest BCUT2D eigenvalue weighted by atomic mass is 10.2. The molecule has 10 heteroatoms. The third kappa shape index (κ3) is 3.81. The Hall–Kier alpha value is -2.62. The maximum atomic E-state index is 12.5. The Bertz CT molecular complexity index is 1130. The van der Waals surface area contributed by atoms with Crippen molar-refractivity contribution >= 4 is 28.5 Å². The van der Waals surface area contributed by atoms with Gasteiger partial charge in [-0.3, -0.25) is 18.8 Å². The first-order valence-electron chi connectivity index (χ1n) is 9.30. The van der Waals surface area contributed by atoms with Gasteiger partial charge in [-0.1, -0.05) is 23.7 Å². The fourth-order valence-corrected chi connectivity index (χ4v) is 3.99. The Morgan fingerprint density at radius 3 is 2.38 bits per heavy atom. The van der Waals surface area contributed by atoms with Crippen molar-refractivity contribution in [3.05, 3.63) is 56.5 Å². The van der Waals surface area contributed by atoms with E-state index in [4.69, 9.17) is 11.6 Å². The molecule has 0 amide bonds. The Balaban J connectivity index is 0.00000240. The van der Waals surface area contributed by atoms with Gasteiger partial charge in [0.05, 0.1) is 17.0 Å². The minimum Gasteiger partial charge on any atom is -0.368 e. The number of hydrogen-bond donors (Lipinski definition) is 1. The van der Waals surface area contributed by atoms with E-state index >= 15 is 0 Å². The van der Waals surface area contributed by atoms with Crippen molar-refractivity contribution in [3.63, 3.8) is 0 Å². The summed E-state index contributed by atoms with van der Waals surface area (Å²) < 4.78 is 4.38. The number of halogens is 1. The molecule has 0 aliphatic carbocycles. The normalized spacial score (nSPS) is 14.9. The summed E-state index contributed by atoms with van der Waals surface area (Å²) in [4.78, 5) is 33.5. The highest BCUT2D eigenvalue weighted by Crippen LogP contribution is 2.26. The highest BCUT2D eigenvalue weighted by atomic mass is 35.5. The molecule has 1 saturated heterocycles. The molecule has 4 rings (SSSR count). The third-order valence-corrected chi connectivity index (χ3v) is 5.76. The second-order valence-electron chi connectivity index (χ2n) is 7.10. The molecule has 0 radical (unpaired) electrons. The largest absolute Gasteiger partial charge is 0.368 e. The lowest BCUT2D eigenvalue weighted by molar-refractivity contribution is 0.249. The van der Waals surface area contributed by atoms with E-state index in [2.05, 4.69) is 20.9 Å². The summed E-state index contributed by atoms with van der Waals surface area (Å²) in [6, 6.07) is 7.92. The van der Waals surface area contributed by atoms with E-state index in [0.29, 0.717) is 17.7 Å². The van der Waals surface area contributed by atoms with Crippen LogP contribution in [0.5, 0.6) is 0 Å². The van der Waals surface area contributed by atoms with Crippen LogP contribution in [0, 0.1) is 0 Å². The summed E-state index contributed by atoms with van der Waals surface area (Å²) in [6.07, 6.45) is 1.64. The number of nitrogens with zero attached hydrogens (tertiary/aromatic N) is 6. The van der Waals surface area contributed by atoms with Gasteiger partial charge in [-0.05, 0) is 12.1 Å². The molecule has 0 unspecified atom stereocenters. The van der Waals surface area contributed by atoms with Crippen LogP contribution in [0.2, 0.25) is 5.02 Å². The summed E-state index contributed by atoms with van der Waals surface area (Å²) in [5, 5.41) is 0.780. The second kappa shape index (κ2) is 8.40. The van der Waals surface area contributed by atoms with Crippen LogP contribution in [0.4, 0.5) is 5.69 Å². The molecule has 1 aromatic carbocycles. The van der Waals surface area contributed by atoms with Crippen LogP contribution >= 0.6 is 11.6 Å². The second-order valence-corrected chi connectivity index (χ2v) is 7.50. The van der Waals surface area contributed by atoms with Gasteiger partial charge >= 0.3 is 5.69 Å². The molecular formula is C19H26ClN7O2. The van der Waals surface area contributed by atoms with Gasteiger partial charge in [0.15, 0.2) is 11.2 Å². The first-order valence-corrected chi connectivity index (χ1v) is 9.68. The van der Waals surface area contributed by atoms with Gasteiger partial charge in [-0.25, -0.2) is 9.78 Å². The fraction of sp³-hybridized carbons (Fsp3) is 0.421. The molecule has 1 fully saturated rings. The first-order chi connectivity index (χ1) is 13.5. The zero-order chi connectivity index (χ0) is 19.8. The van der Waals surface area contributed by atoms with Crippen LogP contribution < -0.4 is 22.3 Å². The van der Waals surface area contributed by atoms with Crippen molar-refractivity contribution in [2.45, 2.75) is 6.54 Å². The molecule has 3 N–H and O–H groups in total.